The van der Waals surface area contributed by atoms with Crippen LogP contribution in [0, 0.1) is 5.92 Å². The maximum atomic E-state index is 12.8. The van der Waals surface area contributed by atoms with Crippen LogP contribution in [0.25, 0.3) is 0 Å². The first-order chi connectivity index (χ1) is 11.0. The molecule has 0 radical (unpaired) electrons. The van der Waals surface area contributed by atoms with Gasteiger partial charge in [-0.05, 0) is 31.0 Å². The normalized spacial score (nSPS) is 17.3. The molecular weight excluding hydrogens is 294 g/mol. The predicted octanol–water partition coefficient (Wildman–Crippen LogP) is 1.59. The number of hydrogen-bond acceptors (Lipinski definition) is 4. The van der Waals surface area contributed by atoms with Crippen molar-refractivity contribution in [3.05, 3.63) is 24.2 Å². The van der Waals surface area contributed by atoms with E-state index in [4.69, 9.17) is 4.42 Å². The van der Waals surface area contributed by atoms with E-state index in [-0.39, 0.29) is 23.5 Å². The van der Waals surface area contributed by atoms with Gasteiger partial charge in [0.2, 0.25) is 5.91 Å². The molecule has 0 spiro atoms. The number of hydrogen-bond donors (Lipinski definition) is 1. The molecule has 0 aromatic carbocycles. The van der Waals surface area contributed by atoms with E-state index in [0.717, 1.165) is 39.1 Å². The molecule has 2 heterocycles. The third kappa shape index (κ3) is 4.58. The molecule has 1 aliphatic rings. The van der Waals surface area contributed by atoms with Gasteiger partial charge in [-0.15, -0.1) is 0 Å². The van der Waals surface area contributed by atoms with Gasteiger partial charge in [-0.3, -0.25) is 14.5 Å². The lowest BCUT2D eigenvalue weighted by molar-refractivity contribution is -0.136. The largest absolute Gasteiger partial charge is 0.459 e. The third-order valence-electron chi connectivity index (χ3n) is 4.19. The zero-order valence-corrected chi connectivity index (χ0v) is 14.2. The Bertz CT molecular complexity index is 505. The summed E-state index contributed by atoms with van der Waals surface area (Å²) in [5, 5.41) is 2.81. The van der Waals surface area contributed by atoms with Gasteiger partial charge in [-0.2, -0.15) is 0 Å². The second-order valence-electron chi connectivity index (χ2n) is 6.34. The predicted molar refractivity (Wildman–Crippen MR) is 88.1 cm³/mol. The third-order valence-corrected chi connectivity index (χ3v) is 4.19. The molecule has 128 valence electrons. The van der Waals surface area contributed by atoms with Crippen LogP contribution >= 0.6 is 0 Å². The molecule has 1 N–H and O–H groups in total. The van der Waals surface area contributed by atoms with Crippen molar-refractivity contribution in [2.75, 3.05) is 32.7 Å². The molecule has 2 amide bonds. The van der Waals surface area contributed by atoms with Crippen molar-refractivity contribution in [2.45, 2.75) is 33.2 Å². The number of nitrogens with one attached hydrogen (secondary N) is 1. The average Bonchev–Trinajstić information content (AvgIpc) is 3.07. The number of rotatable bonds is 6. The van der Waals surface area contributed by atoms with Crippen molar-refractivity contribution in [3.63, 3.8) is 0 Å². The molecule has 1 aromatic rings. The summed E-state index contributed by atoms with van der Waals surface area (Å²) >= 11 is 0. The fourth-order valence-corrected chi connectivity index (χ4v) is 2.84. The molecule has 0 bridgehead atoms. The van der Waals surface area contributed by atoms with Crippen LogP contribution < -0.4 is 5.32 Å². The van der Waals surface area contributed by atoms with E-state index in [1.54, 1.807) is 12.1 Å². The Morgan fingerprint density at radius 2 is 1.96 bits per heavy atom. The Hall–Kier alpha value is -1.82. The van der Waals surface area contributed by atoms with E-state index < -0.39 is 6.04 Å². The first kappa shape index (κ1) is 17.5. The van der Waals surface area contributed by atoms with Crippen molar-refractivity contribution in [1.82, 2.24) is 15.1 Å². The molecule has 1 saturated heterocycles. The molecule has 1 atom stereocenters. The minimum absolute atomic E-state index is 0.00365. The quantitative estimate of drug-likeness (QED) is 0.864. The highest BCUT2D eigenvalue weighted by molar-refractivity contribution is 5.95. The topological polar surface area (TPSA) is 65.8 Å². The molecule has 6 heteroatoms. The molecule has 2 rings (SSSR count). The second-order valence-corrected chi connectivity index (χ2v) is 6.34. The summed E-state index contributed by atoms with van der Waals surface area (Å²) < 4.78 is 5.10. The average molecular weight is 321 g/mol. The highest BCUT2D eigenvalue weighted by atomic mass is 16.3. The maximum absolute atomic E-state index is 12.8. The Morgan fingerprint density at radius 1 is 1.26 bits per heavy atom. The van der Waals surface area contributed by atoms with Crippen molar-refractivity contribution in [2.24, 2.45) is 5.92 Å². The van der Waals surface area contributed by atoms with Gasteiger partial charge in [-0.25, -0.2) is 0 Å². The minimum atomic E-state index is -0.523. The zero-order valence-electron chi connectivity index (χ0n) is 14.2. The summed E-state index contributed by atoms with van der Waals surface area (Å²) in [5.41, 5.74) is 0. The Morgan fingerprint density at radius 3 is 2.48 bits per heavy atom. The highest BCUT2D eigenvalue weighted by Gasteiger charge is 2.31. The number of carbonyl (C=O) groups is 2. The van der Waals surface area contributed by atoms with E-state index in [2.05, 4.69) is 17.1 Å². The number of piperazine rings is 1. The fraction of sp³-hybridized carbons (Fsp3) is 0.647. The summed E-state index contributed by atoms with van der Waals surface area (Å²) in [7, 11) is 0. The smallest absolute Gasteiger partial charge is 0.287 e. The van der Waals surface area contributed by atoms with Gasteiger partial charge < -0.3 is 14.6 Å². The first-order valence-electron chi connectivity index (χ1n) is 8.38. The van der Waals surface area contributed by atoms with Crippen molar-refractivity contribution < 1.29 is 14.0 Å². The zero-order chi connectivity index (χ0) is 16.8. The molecule has 0 saturated carbocycles. The fourth-order valence-electron chi connectivity index (χ4n) is 2.84. The van der Waals surface area contributed by atoms with Gasteiger partial charge in [0.15, 0.2) is 5.76 Å². The Balaban J connectivity index is 1.95. The summed E-state index contributed by atoms with van der Waals surface area (Å²) in [6.45, 7) is 10.4. The lowest BCUT2D eigenvalue weighted by atomic mass is 10.0. The van der Waals surface area contributed by atoms with E-state index in [1.165, 1.54) is 6.26 Å². The molecule has 0 aliphatic carbocycles. The van der Waals surface area contributed by atoms with Gasteiger partial charge in [0.25, 0.3) is 5.91 Å². The molecule has 1 aromatic heterocycles. The van der Waals surface area contributed by atoms with Gasteiger partial charge >= 0.3 is 0 Å². The Labute approximate surface area is 137 Å². The van der Waals surface area contributed by atoms with Crippen LogP contribution in [0.2, 0.25) is 0 Å². The number of amides is 2. The maximum Gasteiger partial charge on any atom is 0.287 e. The summed E-state index contributed by atoms with van der Waals surface area (Å²) in [6.07, 6.45) is 2.58. The van der Waals surface area contributed by atoms with Crippen LogP contribution in [0.5, 0.6) is 0 Å². The van der Waals surface area contributed by atoms with Crippen LogP contribution in [0.1, 0.15) is 37.7 Å². The van der Waals surface area contributed by atoms with Crippen LogP contribution in [-0.4, -0.2) is 60.4 Å². The lowest BCUT2D eigenvalue weighted by Gasteiger charge is -2.37. The SMILES string of the molecule is CCCN1CCN(C(=O)[C@H](NC(=O)c2ccco2)C(C)C)CC1. The standard InChI is InChI=1S/C17H27N3O3/c1-4-7-19-8-10-20(11-9-19)17(22)15(13(2)3)18-16(21)14-6-5-12-23-14/h5-6,12-13,15H,4,7-11H2,1-3H3,(H,18,21)/t15-/m1/s1. The number of furan rings is 1. The summed E-state index contributed by atoms with van der Waals surface area (Å²) in [5.74, 6) is -0.0889. The van der Waals surface area contributed by atoms with Crippen LogP contribution in [0.15, 0.2) is 22.8 Å². The first-order valence-corrected chi connectivity index (χ1v) is 8.38. The molecular formula is C17H27N3O3. The molecule has 1 aliphatic heterocycles. The molecule has 0 unspecified atom stereocenters. The second kappa shape index (κ2) is 8.15. The van der Waals surface area contributed by atoms with Gasteiger partial charge in [-0.1, -0.05) is 20.8 Å². The van der Waals surface area contributed by atoms with Crippen LogP contribution in [0.4, 0.5) is 0 Å². The van der Waals surface area contributed by atoms with Crippen molar-refractivity contribution in [1.29, 1.82) is 0 Å². The Kier molecular flexibility index (Phi) is 6.21. The number of nitrogens with zero attached hydrogens (tertiary/aromatic N) is 2. The molecule has 6 nitrogen and oxygen atoms in total. The van der Waals surface area contributed by atoms with Crippen LogP contribution in [-0.2, 0) is 4.79 Å². The van der Waals surface area contributed by atoms with Gasteiger partial charge in [0.05, 0.1) is 6.26 Å². The lowest BCUT2D eigenvalue weighted by Crippen LogP contribution is -2.56. The van der Waals surface area contributed by atoms with Crippen molar-refractivity contribution >= 4 is 11.8 Å². The van der Waals surface area contributed by atoms with E-state index in [0.29, 0.717) is 0 Å². The number of carbonyl (C=O) groups excluding carboxylic acids is 2. The van der Waals surface area contributed by atoms with E-state index in [9.17, 15) is 9.59 Å². The summed E-state index contributed by atoms with van der Waals surface area (Å²) in [4.78, 5) is 29.2. The molecule has 1 fully saturated rings. The van der Waals surface area contributed by atoms with Crippen LogP contribution in [0.3, 0.4) is 0 Å². The van der Waals surface area contributed by atoms with Crippen molar-refractivity contribution in [3.8, 4) is 0 Å². The van der Waals surface area contributed by atoms with Gasteiger partial charge in [0, 0.05) is 26.2 Å². The summed E-state index contributed by atoms with van der Waals surface area (Å²) in [6, 6.07) is 2.74. The van der Waals surface area contributed by atoms with Gasteiger partial charge in [0.1, 0.15) is 6.04 Å². The minimum Gasteiger partial charge on any atom is -0.459 e. The monoisotopic (exact) mass is 321 g/mol. The highest BCUT2D eigenvalue weighted by Crippen LogP contribution is 2.11. The molecule has 23 heavy (non-hydrogen) atoms. The van der Waals surface area contributed by atoms with E-state index >= 15 is 0 Å². The van der Waals surface area contributed by atoms with E-state index in [1.807, 2.05) is 18.7 Å².